The molecule has 0 heterocycles. The van der Waals surface area contributed by atoms with Crippen LogP contribution in [0.15, 0.2) is 41.4 Å². The highest BCUT2D eigenvalue weighted by Gasteiger charge is 2.67. The Balaban J connectivity index is 2.16. The number of nitrogens with zero attached hydrogens (tertiary/aromatic N) is 2. The van der Waals surface area contributed by atoms with Crippen LogP contribution in [-0.4, -0.2) is 62.3 Å². The molecule has 0 unspecified atom stereocenters. The fourth-order valence-corrected chi connectivity index (χ4v) is 4.42. The molecule has 2 rings (SSSR count). The van der Waals surface area contributed by atoms with Gasteiger partial charge in [-0.2, -0.15) is 13.2 Å². The van der Waals surface area contributed by atoms with Gasteiger partial charge in [-0.25, -0.2) is 4.39 Å². The monoisotopic (exact) mass is 544 g/mol. The van der Waals surface area contributed by atoms with E-state index < -0.39 is 35.1 Å². The molecule has 1 fully saturated rings. The van der Waals surface area contributed by atoms with Gasteiger partial charge in [-0.3, -0.25) is 14.6 Å². The van der Waals surface area contributed by atoms with Crippen molar-refractivity contribution < 1.29 is 27.2 Å². The van der Waals surface area contributed by atoms with Crippen molar-refractivity contribution >= 4 is 29.1 Å². The predicted octanol–water partition coefficient (Wildman–Crippen LogP) is 4.72. The van der Waals surface area contributed by atoms with Gasteiger partial charge in [0.05, 0.1) is 16.0 Å². The van der Waals surface area contributed by atoms with Crippen molar-refractivity contribution in [3.8, 4) is 0 Å². The number of halogens is 5. The number of benzene rings is 1. The molecule has 2 atom stereocenters. The van der Waals surface area contributed by atoms with Gasteiger partial charge in [0.2, 0.25) is 5.91 Å². The maximum atomic E-state index is 14.4. The van der Waals surface area contributed by atoms with E-state index in [-0.39, 0.29) is 54.4 Å². The lowest BCUT2D eigenvalue weighted by Crippen LogP contribution is -2.43. The number of nitrogens with two attached hydrogens (primary N) is 1. The van der Waals surface area contributed by atoms with Crippen LogP contribution in [0.3, 0.4) is 0 Å². The van der Waals surface area contributed by atoms with Crippen LogP contribution >= 0.6 is 11.6 Å². The number of alkyl halides is 3. The van der Waals surface area contributed by atoms with Gasteiger partial charge in [0.15, 0.2) is 5.82 Å². The average molecular weight is 545 g/mol. The molecule has 11 heteroatoms. The maximum Gasteiger partial charge on any atom is 0.395 e. The van der Waals surface area contributed by atoms with Crippen molar-refractivity contribution in [1.82, 2.24) is 10.2 Å². The second-order valence-electron chi connectivity index (χ2n) is 9.57. The van der Waals surface area contributed by atoms with E-state index in [2.05, 4.69) is 16.9 Å². The summed E-state index contributed by atoms with van der Waals surface area (Å²) in [6.07, 6.45) is -1.69. The molecule has 37 heavy (non-hydrogen) atoms. The molecule has 1 aliphatic rings. The van der Waals surface area contributed by atoms with E-state index in [0.717, 1.165) is 0 Å². The first kappa shape index (κ1) is 30.5. The first-order chi connectivity index (χ1) is 17.1. The van der Waals surface area contributed by atoms with Gasteiger partial charge < -0.3 is 16.0 Å². The van der Waals surface area contributed by atoms with Gasteiger partial charge in [-0.05, 0) is 58.0 Å². The van der Waals surface area contributed by atoms with E-state index in [1.807, 2.05) is 0 Å². The number of nitrogens with one attached hydrogen (secondary N) is 1. The molecule has 0 saturated heterocycles. The number of likely N-dealkylation sites (N-methyl/N-ethyl adjacent to an activating group) is 1. The third-order valence-corrected chi connectivity index (χ3v) is 7.31. The SMILES string of the molecule is C=C(/C=C\C(C)=N/C)[C@H](CC(=O)NC[C@H](Cc1ccc(C(N)=O)c(F)c1Cl)N(C)C)C1(C(F)(F)F)CC1. The first-order valence-corrected chi connectivity index (χ1v) is 12.1. The highest BCUT2D eigenvalue weighted by Crippen LogP contribution is 2.64. The molecule has 1 aromatic carbocycles. The summed E-state index contributed by atoms with van der Waals surface area (Å²) >= 11 is 6.10. The Hall–Kier alpha value is -2.72. The molecular formula is C26H33ClF4N4O2. The Labute approximate surface area is 219 Å². The van der Waals surface area contributed by atoms with Gasteiger partial charge >= 0.3 is 6.18 Å². The second-order valence-corrected chi connectivity index (χ2v) is 9.95. The summed E-state index contributed by atoms with van der Waals surface area (Å²) in [4.78, 5) is 29.9. The van der Waals surface area contributed by atoms with E-state index in [9.17, 15) is 27.2 Å². The number of rotatable bonds is 12. The Morgan fingerprint density at radius 1 is 1.30 bits per heavy atom. The first-order valence-electron chi connectivity index (χ1n) is 11.7. The van der Waals surface area contributed by atoms with Crippen LogP contribution in [0.1, 0.15) is 42.1 Å². The minimum absolute atomic E-state index is 0.0617. The van der Waals surface area contributed by atoms with E-state index >= 15 is 0 Å². The van der Waals surface area contributed by atoms with Gasteiger partial charge in [-0.1, -0.05) is 35.9 Å². The van der Waals surface area contributed by atoms with E-state index in [4.69, 9.17) is 17.3 Å². The molecule has 204 valence electrons. The van der Waals surface area contributed by atoms with E-state index in [0.29, 0.717) is 11.3 Å². The Kier molecular flexibility index (Phi) is 10.1. The highest BCUT2D eigenvalue weighted by atomic mass is 35.5. The van der Waals surface area contributed by atoms with E-state index in [1.165, 1.54) is 18.2 Å². The molecule has 2 amide bonds. The molecule has 1 aliphatic carbocycles. The summed E-state index contributed by atoms with van der Waals surface area (Å²) in [6, 6.07) is 2.37. The zero-order chi connectivity index (χ0) is 28.1. The number of hydrogen-bond acceptors (Lipinski definition) is 4. The third-order valence-electron chi connectivity index (χ3n) is 6.90. The van der Waals surface area contributed by atoms with Crippen molar-refractivity contribution in [1.29, 1.82) is 0 Å². The Morgan fingerprint density at radius 2 is 1.92 bits per heavy atom. The number of aliphatic imine (C=N–C) groups is 1. The number of carbonyl (C=O) groups excluding carboxylic acids is 2. The van der Waals surface area contributed by atoms with Gasteiger partial charge in [-0.15, -0.1) is 0 Å². The molecule has 3 N–H and O–H groups in total. The molecule has 0 aliphatic heterocycles. The molecule has 1 aromatic rings. The van der Waals surface area contributed by atoms with Crippen molar-refractivity contribution in [2.45, 2.75) is 44.8 Å². The Morgan fingerprint density at radius 3 is 2.41 bits per heavy atom. The largest absolute Gasteiger partial charge is 0.395 e. The number of hydrogen-bond donors (Lipinski definition) is 2. The zero-order valence-electron chi connectivity index (χ0n) is 21.4. The highest BCUT2D eigenvalue weighted by molar-refractivity contribution is 6.32. The lowest BCUT2D eigenvalue weighted by Gasteiger charge is -2.30. The van der Waals surface area contributed by atoms with Crippen molar-refractivity contribution in [3.63, 3.8) is 0 Å². The quantitative estimate of drug-likeness (QED) is 0.227. The average Bonchev–Trinajstić information content (AvgIpc) is 3.62. The minimum atomic E-state index is -4.47. The fraction of sp³-hybridized carbons (Fsp3) is 0.500. The minimum Gasteiger partial charge on any atom is -0.366 e. The van der Waals surface area contributed by atoms with Crippen LogP contribution in [0.4, 0.5) is 17.6 Å². The summed E-state index contributed by atoms with van der Waals surface area (Å²) in [5.74, 6) is -3.54. The number of allylic oxidation sites excluding steroid dienone is 3. The fourth-order valence-electron chi connectivity index (χ4n) is 4.18. The van der Waals surface area contributed by atoms with Crippen LogP contribution in [0.25, 0.3) is 0 Å². The molecule has 0 spiro atoms. The number of primary amides is 1. The normalized spacial score (nSPS) is 17.1. The summed E-state index contributed by atoms with van der Waals surface area (Å²) in [5.41, 5.74) is 4.08. The summed E-state index contributed by atoms with van der Waals surface area (Å²) in [7, 11) is 5.06. The second kappa shape index (κ2) is 12.2. The summed E-state index contributed by atoms with van der Waals surface area (Å²) < 4.78 is 56.2. The molecule has 6 nitrogen and oxygen atoms in total. The van der Waals surface area contributed by atoms with Crippen LogP contribution in [-0.2, 0) is 11.2 Å². The van der Waals surface area contributed by atoms with Crippen molar-refractivity contribution in [2.24, 2.45) is 22.1 Å². The number of carbonyl (C=O) groups is 2. The van der Waals surface area contributed by atoms with Gasteiger partial charge in [0.1, 0.15) is 0 Å². The van der Waals surface area contributed by atoms with E-state index in [1.54, 1.807) is 39.0 Å². The predicted molar refractivity (Wildman–Crippen MR) is 137 cm³/mol. The molecule has 0 aromatic heterocycles. The summed E-state index contributed by atoms with van der Waals surface area (Å²) in [5, 5.41) is 2.47. The lowest BCUT2D eigenvalue weighted by molar-refractivity contribution is -0.199. The third kappa shape index (κ3) is 7.41. The zero-order valence-corrected chi connectivity index (χ0v) is 22.1. The van der Waals surface area contributed by atoms with Crippen LogP contribution in [0, 0.1) is 17.2 Å². The van der Waals surface area contributed by atoms with Crippen LogP contribution in [0.2, 0.25) is 5.02 Å². The van der Waals surface area contributed by atoms with Crippen LogP contribution in [0.5, 0.6) is 0 Å². The summed E-state index contributed by atoms with van der Waals surface area (Å²) in [6.45, 7) is 5.63. The van der Waals surface area contributed by atoms with Crippen molar-refractivity contribution in [2.75, 3.05) is 27.7 Å². The maximum absolute atomic E-state index is 14.4. The smallest absolute Gasteiger partial charge is 0.366 e. The molecular weight excluding hydrogens is 512 g/mol. The molecule has 0 bridgehead atoms. The number of amides is 2. The lowest BCUT2D eigenvalue weighted by atomic mass is 9.80. The molecule has 1 saturated carbocycles. The van der Waals surface area contributed by atoms with Crippen LogP contribution < -0.4 is 11.1 Å². The van der Waals surface area contributed by atoms with Crippen molar-refractivity contribution in [3.05, 3.63) is 58.4 Å². The molecule has 0 radical (unpaired) electrons. The topological polar surface area (TPSA) is 87.8 Å². The Bertz CT molecular complexity index is 1090. The van der Waals surface area contributed by atoms with Gasteiger partial charge in [0, 0.05) is 37.7 Å². The van der Waals surface area contributed by atoms with Gasteiger partial charge in [0.25, 0.3) is 5.91 Å². The standard InChI is InChI=1S/C26H33ClF4N4O2/c1-15(6-7-16(2)33-3)20(25(10-11-25)26(29,30)31)13-21(36)34-14-18(35(4)5)12-17-8-9-19(24(32)37)23(28)22(17)27/h6-9,18,20H,1,10-14H2,2-5H3,(H2,32,37)(H,34,36)/b7-6-,33-16-/t18-,20-/m0/s1.